The van der Waals surface area contributed by atoms with Gasteiger partial charge in [0, 0.05) is 25.2 Å². The highest BCUT2D eigenvalue weighted by atomic mass is 32.2. The molecular weight excluding hydrogens is 438 g/mol. The quantitative estimate of drug-likeness (QED) is 0.232. The summed E-state index contributed by atoms with van der Waals surface area (Å²) in [6, 6.07) is 10.3. The van der Waals surface area contributed by atoms with Gasteiger partial charge in [-0.05, 0) is 38.2 Å². The lowest BCUT2D eigenvalue weighted by atomic mass is 10.1. The molecule has 0 radical (unpaired) electrons. The van der Waals surface area contributed by atoms with Gasteiger partial charge in [0.1, 0.15) is 0 Å². The minimum absolute atomic E-state index is 0.0182. The molecule has 1 N–H and O–H groups in total. The second-order valence-electron chi connectivity index (χ2n) is 6.92. The zero-order valence-corrected chi connectivity index (χ0v) is 18.4. The lowest BCUT2D eigenvalue weighted by Gasteiger charge is -2.21. The minimum atomic E-state index is -4.16. The van der Waals surface area contributed by atoms with Crippen LogP contribution in [0.1, 0.15) is 11.1 Å². The van der Waals surface area contributed by atoms with E-state index in [0.29, 0.717) is 0 Å². The molecule has 3 rings (SSSR count). The molecule has 1 fully saturated rings. The molecule has 170 valence electrons. The molecule has 1 saturated heterocycles. The van der Waals surface area contributed by atoms with Gasteiger partial charge in [-0.3, -0.25) is 14.9 Å². The highest BCUT2D eigenvalue weighted by molar-refractivity contribution is 7.90. The Hall–Kier alpha value is -3.44. The minimum Gasteiger partial charge on any atom is -0.379 e. The fraction of sp³-hybridized carbons (Fsp3) is 0.300. The van der Waals surface area contributed by atoms with Crippen molar-refractivity contribution < 1.29 is 27.7 Å². The number of carbonyl (C=O) groups is 1. The van der Waals surface area contributed by atoms with E-state index in [2.05, 4.69) is 16.7 Å². The normalized spacial score (nSPS) is 13.8. The van der Waals surface area contributed by atoms with Crippen LogP contribution < -0.4 is 4.72 Å². The molecule has 0 saturated carbocycles. The molecule has 2 aromatic rings. The van der Waals surface area contributed by atoms with E-state index in [1.165, 1.54) is 24.3 Å². The number of amides is 1. The predicted molar refractivity (Wildman–Crippen MR) is 116 cm³/mol. The van der Waals surface area contributed by atoms with Gasteiger partial charge in [-0.1, -0.05) is 17.7 Å². The molecule has 1 amide bonds. The van der Waals surface area contributed by atoms with Gasteiger partial charge in [0.25, 0.3) is 15.7 Å². The third kappa shape index (κ3) is 7.06. The first-order chi connectivity index (χ1) is 15.1. The van der Waals surface area contributed by atoms with E-state index in [0.717, 1.165) is 44.0 Å². The molecule has 1 aliphatic rings. The Bertz CT molecular complexity index is 1100. The van der Waals surface area contributed by atoms with E-state index in [1.807, 2.05) is 0 Å². The van der Waals surface area contributed by atoms with Crippen molar-refractivity contribution in [3.8, 4) is 0 Å². The Morgan fingerprint density at radius 1 is 1.12 bits per heavy atom. The number of benzene rings is 2. The maximum Gasteiger partial charge on any atom is 0.387 e. The smallest absolute Gasteiger partial charge is 0.379 e. The molecule has 0 atom stereocenters. The topological polar surface area (TPSA) is 155 Å². The zero-order valence-electron chi connectivity index (χ0n) is 17.6. The van der Waals surface area contributed by atoms with Gasteiger partial charge < -0.3 is 15.2 Å². The Kier molecular flexibility index (Phi) is 8.73. The highest BCUT2D eigenvalue weighted by Gasteiger charge is 2.28. The number of nitrogens with one attached hydrogen (secondary N) is 1. The fourth-order valence-corrected chi connectivity index (χ4v) is 3.53. The summed E-state index contributed by atoms with van der Waals surface area (Å²) in [5.41, 5.74) is 9.07. The second kappa shape index (κ2) is 11.3. The van der Waals surface area contributed by atoms with Crippen LogP contribution in [0.3, 0.4) is 0 Å². The molecule has 0 spiro atoms. The van der Waals surface area contributed by atoms with Crippen LogP contribution in [0.4, 0.5) is 5.69 Å². The van der Waals surface area contributed by atoms with Gasteiger partial charge in [-0.25, -0.2) is 13.1 Å². The first-order valence-corrected chi connectivity index (χ1v) is 11.0. The summed E-state index contributed by atoms with van der Waals surface area (Å²) < 4.78 is 31.3. The number of likely N-dealkylation sites (N-methyl/N-ethyl adjacent to an activating group) is 1. The van der Waals surface area contributed by atoms with Crippen LogP contribution in [-0.4, -0.2) is 68.0 Å². The number of rotatable bonds is 5. The Labute approximate surface area is 185 Å². The molecule has 12 heteroatoms. The Morgan fingerprint density at radius 3 is 2.12 bits per heavy atom. The van der Waals surface area contributed by atoms with Crippen LogP contribution in [-0.2, 0) is 19.6 Å². The van der Waals surface area contributed by atoms with E-state index >= 15 is 0 Å². The largest absolute Gasteiger partial charge is 0.387 e. The molecule has 1 heterocycles. The van der Waals surface area contributed by atoms with E-state index in [9.17, 15) is 23.3 Å². The number of hydrogen-bond donors (Lipinski definition) is 1. The molecule has 0 aromatic heterocycles. The SMILES string of the molecule is CN1CCOCC1.Cc1ccc(S(=O)(=O)NC(=O)C(=[N+]=[N-])c2ccc([N+](=O)[O-])cc2)cc1. The van der Waals surface area contributed by atoms with E-state index < -0.39 is 26.6 Å². The number of nitrogens with zero attached hydrogens (tertiary/aromatic N) is 4. The number of carbonyl (C=O) groups excluding carboxylic acids is 1. The number of hydrogen-bond acceptors (Lipinski definition) is 7. The molecule has 32 heavy (non-hydrogen) atoms. The summed E-state index contributed by atoms with van der Waals surface area (Å²) in [6.07, 6.45) is 0. The van der Waals surface area contributed by atoms with Crippen molar-refractivity contribution in [1.29, 1.82) is 0 Å². The fourth-order valence-electron chi connectivity index (χ4n) is 2.58. The summed E-state index contributed by atoms with van der Waals surface area (Å²) in [5, 5.41) is 10.6. The van der Waals surface area contributed by atoms with Crippen LogP contribution >= 0.6 is 0 Å². The van der Waals surface area contributed by atoms with E-state index in [1.54, 1.807) is 23.8 Å². The average Bonchev–Trinajstić information content (AvgIpc) is 2.75. The molecule has 0 bridgehead atoms. The van der Waals surface area contributed by atoms with Crippen LogP contribution in [0.15, 0.2) is 53.4 Å². The first kappa shape index (κ1) is 24.8. The maximum absolute atomic E-state index is 12.2. The van der Waals surface area contributed by atoms with Crippen molar-refractivity contribution >= 4 is 27.3 Å². The maximum atomic E-state index is 12.2. The summed E-state index contributed by atoms with van der Waals surface area (Å²) >= 11 is 0. The number of nitro benzene ring substituents is 1. The van der Waals surface area contributed by atoms with Crippen molar-refractivity contribution in [2.24, 2.45) is 0 Å². The van der Waals surface area contributed by atoms with Gasteiger partial charge in [0.15, 0.2) is 0 Å². The Balaban J connectivity index is 0.000000439. The van der Waals surface area contributed by atoms with E-state index in [-0.39, 0.29) is 16.1 Å². The van der Waals surface area contributed by atoms with Gasteiger partial charge >= 0.3 is 11.6 Å². The standard InChI is InChI=1S/C15H12N4O5S.C5H11NO/c1-10-2-8-13(9-3-10)25(23,24)18-15(20)14(17-16)11-4-6-12(7-5-11)19(21)22;1-6-2-4-7-5-3-6/h2-9H,1H3,(H,18,20);2-5H2,1H3. The van der Waals surface area contributed by atoms with Gasteiger partial charge in [-0.2, -0.15) is 4.79 Å². The highest BCUT2D eigenvalue weighted by Crippen LogP contribution is 2.13. The van der Waals surface area contributed by atoms with Crippen molar-refractivity contribution in [2.45, 2.75) is 11.8 Å². The number of non-ortho nitro benzene ring substituents is 1. The van der Waals surface area contributed by atoms with Crippen molar-refractivity contribution in [1.82, 2.24) is 9.62 Å². The lowest BCUT2D eigenvalue weighted by Crippen LogP contribution is -2.37. The molecule has 2 aromatic carbocycles. The molecule has 0 unspecified atom stereocenters. The predicted octanol–water partition coefficient (Wildman–Crippen LogP) is 1.38. The molecule has 0 aliphatic carbocycles. The summed E-state index contributed by atoms with van der Waals surface area (Å²) in [4.78, 5) is 27.0. The van der Waals surface area contributed by atoms with Crippen molar-refractivity contribution in [3.63, 3.8) is 0 Å². The number of aryl methyl sites for hydroxylation is 1. The monoisotopic (exact) mass is 461 g/mol. The lowest BCUT2D eigenvalue weighted by molar-refractivity contribution is -0.384. The third-order valence-corrected chi connectivity index (χ3v) is 5.81. The number of ether oxygens (including phenoxy) is 1. The third-order valence-electron chi connectivity index (χ3n) is 4.46. The van der Waals surface area contributed by atoms with Crippen LogP contribution in [0.25, 0.3) is 5.53 Å². The number of nitro groups is 1. The Morgan fingerprint density at radius 2 is 1.69 bits per heavy atom. The average molecular weight is 462 g/mol. The first-order valence-electron chi connectivity index (χ1n) is 9.51. The summed E-state index contributed by atoms with van der Waals surface area (Å²) in [6.45, 7) is 5.80. The molecular formula is C20H23N5O6S. The summed E-state index contributed by atoms with van der Waals surface area (Å²) in [5.74, 6) is -1.17. The van der Waals surface area contributed by atoms with E-state index in [4.69, 9.17) is 10.3 Å². The van der Waals surface area contributed by atoms with Crippen LogP contribution in [0.5, 0.6) is 0 Å². The second-order valence-corrected chi connectivity index (χ2v) is 8.60. The zero-order chi connectivity index (χ0) is 23.7. The molecule has 1 aliphatic heterocycles. The number of sulfonamides is 1. The molecule has 11 nitrogen and oxygen atoms in total. The van der Waals surface area contributed by atoms with Crippen molar-refractivity contribution in [2.75, 3.05) is 33.4 Å². The van der Waals surface area contributed by atoms with Gasteiger partial charge in [0.05, 0.1) is 28.6 Å². The van der Waals surface area contributed by atoms with Gasteiger partial charge in [-0.15, -0.1) is 0 Å². The van der Waals surface area contributed by atoms with Gasteiger partial charge in [0.2, 0.25) is 0 Å². The van der Waals surface area contributed by atoms with Crippen LogP contribution in [0.2, 0.25) is 0 Å². The van der Waals surface area contributed by atoms with Crippen molar-refractivity contribution in [3.05, 3.63) is 75.3 Å². The summed E-state index contributed by atoms with van der Waals surface area (Å²) in [7, 11) is -2.05. The van der Waals surface area contributed by atoms with Crippen LogP contribution in [0, 0.1) is 17.0 Å². The number of morpholine rings is 1.